The highest BCUT2D eigenvalue weighted by Crippen LogP contribution is 2.37. The van der Waals surface area contributed by atoms with Crippen LogP contribution < -0.4 is 10.4 Å². The van der Waals surface area contributed by atoms with Gasteiger partial charge in [-0.3, -0.25) is 0 Å². The lowest BCUT2D eigenvalue weighted by atomic mass is 9.84. The van der Waals surface area contributed by atoms with Crippen molar-refractivity contribution in [3.05, 3.63) is 84.5 Å². The Balaban J connectivity index is 2.30. The van der Waals surface area contributed by atoms with Crippen molar-refractivity contribution in [1.82, 2.24) is 0 Å². The Morgan fingerprint density at radius 2 is 1.47 bits per heavy atom. The van der Waals surface area contributed by atoms with E-state index in [1.165, 1.54) is 10.4 Å². The molecule has 2 aromatic carbocycles. The van der Waals surface area contributed by atoms with Gasteiger partial charge in [0.25, 0.3) is 8.32 Å². The van der Waals surface area contributed by atoms with Gasteiger partial charge in [-0.15, -0.1) is 0 Å². The molecule has 3 nitrogen and oxygen atoms in total. The standard InChI is InChI=1S/C34H52O3Si/c1-8-12-19-28(9-2)26-34(36,11-4)27-29(10-3)32(35)24-25-37-38(33(5,6)7,30-20-15-13-16-21-30)31-22-17-14-18-23-31/h12-23,27-28,32,35-36H,8-11,24-26H2,1-7H3/b19-12+,29-27-/t28-,32+,34-/m1/s1. The number of hydrogen-bond acceptors (Lipinski definition) is 3. The Morgan fingerprint density at radius 1 is 0.921 bits per heavy atom. The lowest BCUT2D eigenvalue weighted by Gasteiger charge is -2.43. The van der Waals surface area contributed by atoms with E-state index in [1.807, 2.05) is 13.0 Å². The van der Waals surface area contributed by atoms with Gasteiger partial charge in [-0.1, -0.05) is 127 Å². The van der Waals surface area contributed by atoms with Gasteiger partial charge in [-0.2, -0.15) is 0 Å². The van der Waals surface area contributed by atoms with E-state index in [-0.39, 0.29) is 5.04 Å². The zero-order valence-corrected chi connectivity index (χ0v) is 25.9. The van der Waals surface area contributed by atoms with E-state index in [4.69, 9.17) is 4.43 Å². The molecule has 0 heterocycles. The zero-order chi connectivity index (χ0) is 28.2. The molecular weight excluding hydrogens is 484 g/mol. The Hall–Kier alpha value is -1.98. The third-order valence-electron chi connectivity index (χ3n) is 7.81. The molecule has 0 aromatic heterocycles. The van der Waals surface area contributed by atoms with Crippen molar-refractivity contribution in [2.45, 2.75) is 104 Å². The molecule has 0 aliphatic carbocycles. The Morgan fingerprint density at radius 3 is 1.89 bits per heavy atom. The van der Waals surface area contributed by atoms with Crippen molar-refractivity contribution in [1.29, 1.82) is 0 Å². The molecule has 0 unspecified atom stereocenters. The van der Waals surface area contributed by atoms with Crippen LogP contribution in [0.3, 0.4) is 0 Å². The summed E-state index contributed by atoms with van der Waals surface area (Å²) in [5.41, 5.74) is -0.0288. The molecule has 0 aliphatic heterocycles. The average molecular weight is 537 g/mol. The second-order valence-electron chi connectivity index (χ2n) is 11.6. The molecule has 2 N–H and O–H groups in total. The monoisotopic (exact) mass is 536 g/mol. The van der Waals surface area contributed by atoms with E-state index in [0.717, 1.165) is 18.4 Å². The Labute approximate surface area is 233 Å². The number of allylic oxidation sites excluding steroid dienone is 2. The number of benzene rings is 2. The van der Waals surface area contributed by atoms with Crippen LogP contribution in [0, 0.1) is 5.92 Å². The smallest absolute Gasteiger partial charge is 0.261 e. The van der Waals surface area contributed by atoms with Gasteiger partial charge in [-0.05, 0) is 65.4 Å². The largest absolute Gasteiger partial charge is 0.407 e. The van der Waals surface area contributed by atoms with Gasteiger partial charge in [0.1, 0.15) is 0 Å². The summed E-state index contributed by atoms with van der Waals surface area (Å²) in [5, 5.41) is 25.1. The quantitative estimate of drug-likeness (QED) is 0.187. The molecule has 210 valence electrons. The van der Waals surface area contributed by atoms with Crippen LogP contribution in [-0.4, -0.2) is 36.8 Å². The summed E-state index contributed by atoms with van der Waals surface area (Å²) in [7, 11) is -2.64. The maximum atomic E-state index is 11.5. The highest BCUT2D eigenvalue weighted by molar-refractivity contribution is 6.99. The van der Waals surface area contributed by atoms with Crippen LogP contribution >= 0.6 is 0 Å². The van der Waals surface area contributed by atoms with Gasteiger partial charge in [0.2, 0.25) is 0 Å². The summed E-state index contributed by atoms with van der Waals surface area (Å²) in [6, 6.07) is 21.2. The maximum absolute atomic E-state index is 11.5. The minimum absolute atomic E-state index is 0.103. The summed E-state index contributed by atoms with van der Waals surface area (Å²) in [6.45, 7) is 15.6. The minimum Gasteiger partial charge on any atom is -0.407 e. The fourth-order valence-electron chi connectivity index (χ4n) is 5.49. The molecule has 2 aromatic rings. The van der Waals surface area contributed by atoms with E-state index in [0.29, 0.717) is 38.2 Å². The number of aliphatic hydroxyl groups is 2. The van der Waals surface area contributed by atoms with Gasteiger partial charge < -0.3 is 14.6 Å². The SMILES string of the molecule is CC/C=C/[C@@H](CC)C[C@@](O)(/C=C(/CC)[C@@H](O)CCO[Si](c1ccccc1)(c1ccccc1)C(C)(C)C)CC. The van der Waals surface area contributed by atoms with Crippen LogP contribution in [0.1, 0.15) is 87.0 Å². The van der Waals surface area contributed by atoms with E-state index in [1.54, 1.807) is 0 Å². The van der Waals surface area contributed by atoms with E-state index in [9.17, 15) is 10.2 Å². The Bertz CT molecular complexity index is 954. The number of rotatable bonds is 15. The third-order valence-corrected chi connectivity index (χ3v) is 12.9. The van der Waals surface area contributed by atoms with E-state index < -0.39 is 20.0 Å². The van der Waals surface area contributed by atoms with Crippen LogP contribution in [0.15, 0.2) is 84.5 Å². The lowest BCUT2D eigenvalue weighted by molar-refractivity contribution is 0.0612. The van der Waals surface area contributed by atoms with Crippen molar-refractivity contribution in [3.8, 4) is 0 Å². The first kappa shape index (κ1) is 32.2. The number of aliphatic hydroxyl groups excluding tert-OH is 1. The predicted molar refractivity (Wildman–Crippen MR) is 166 cm³/mol. The minimum atomic E-state index is -2.64. The highest BCUT2D eigenvalue weighted by atomic mass is 28.4. The van der Waals surface area contributed by atoms with Gasteiger partial charge in [-0.25, -0.2) is 0 Å². The first-order valence-electron chi connectivity index (χ1n) is 14.6. The molecule has 0 radical (unpaired) electrons. The molecule has 0 saturated heterocycles. The molecule has 38 heavy (non-hydrogen) atoms. The second-order valence-corrected chi connectivity index (χ2v) is 15.9. The number of hydrogen-bond donors (Lipinski definition) is 2. The van der Waals surface area contributed by atoms with E-state index in [2.05, 4.69) is 114 Å². The van der Waals surface area contributed by atoms with Crippen LogP contribution in [0.2, 0.25) is 5.04 Å². The molecule has 0 bridgehead atoms. The normalized spacial score (nSPS) is 16.4. The average Bonchev–Trinajstić information content (AvgIpc) is 2.92. The first-order chi connectivity index (χ1) is 18.1. The molecule has 3 atom stereocenters. The van der Waals surface area contributed by atoms with Crippen LogP contribution in [-0.2, 0) is 4.43 Å². The predicted octanol–water partition coefficient (Wildman–Crippen LogP) is 7.17. The van der Waals surface area contributed by atoms with Gasteiger partial charge >= 0.3 is 0 Å². The van der Waals surface area contributed by atoms with Crippen LogP contribution in [0.25, 0.3) is 0 Å². The van der Waals surface area contributed by atoms with Crippen molar-refractivity contribution in [2.24, 2.45) is 5.92 Å². The van der Waals surface area contributed by atoms with Crippen LogP contribution in [0.4, 0.5) is 0 Å². The summed E-state index contributed by atoms with van der Waals surface area (Å²) < 4.78 is 6.99. The highest BCUT2D eigenvalue weighted by Gasteiger charge is 2.50. The molecule has 0 saturated carbocycles. The maximum Gasteiger partial charge on any atom is 0.261 e. The summed E-state index contributed by atoms with van der Waals surface area (Å²) in [4.78, 5) is 0. The molecule has 0 fully saturated rings. The molecule has 0 amide bonds. The van der Waals surface area contributed by atoms with Gasteiger partial charge in [0.05, 0.1) is 11.7 Å². The fraction of sp³-hybridized carbons (Fsp3) is 0.529. The first-order valence-corrected chi connectivity index (χ1v) is 16.5. The third kappa shape index (κ3) is 8.26. The van der Waals surface area contributed by atoms with Gasteiger partial charge in [0, 0.05) is 6.61 Å². The second kappa shape index (κ2) is 15.0. The molecule has 0 aliphatic rings. The molecule has 2 rings (SSSR count). The van der Waals surface area contributed by atoms with E-state index >= 15 is 0 Å². The summed E-state index contributed by atoms with van der Waals surface area (Å²) in [5.74, 6) is 0.324. The van der Waals surface area contributed by atoms with Crippen molar-refractivity contribution in [3.63, 3.8) is 0 Å². The molecule has 0 spiro atoms. The summed E-state index contributed by atoms with van der Waals surface area (Å²) in [6.07, 6.45) is 10.2. The van der Waals surface area contributed by atoms with Gasteiger partial charge in [0.15, 0.2) is 0 Å². The lowest BCUT2D eigenvalue weighted by Crippen LogP contribution is -2.66. The van der Waals surface area contributed by atoms with Crippen molar-refractivity contribution < 1.29 is 14.6 Å². The Kier molecular flexibility index (Phi) is 12.7. The van der Waals surface area contributed by atoms with Crippen molar-refractivity contribution in [2.75, 3.05) is 6.61 Å². The molecular formula is C34H52O3Si. The van der Waals surface area contributed by atoms with Crippen LogP contribution in [0.5, 0.6) is 0 Å². The molecule has 4 heteroatoms. The summed E-state index contributed by atoms with van der Waals surface area (Å²) >= 11 is 0. The fourth-order valence-corrected chi connectivity index (χ4v) is 10.1. The topological polar surface area (TPSA) is 49.7 Å². The zero-order valence-electron chi connectivity index (χ0n) is 24.9. The van der Waals surface area contributed by atoms with Crippen molar-refractivity contribution >= 4 is 18.7 Å².